The minimum Gasteiger partial charge on any atom is -0.436 e. The summed E-state index contributed by atoms with van der Waals surface area (Å²) in [6.07, 6.45) is 5.05. The summed E-state index contributed by atoms with van der Waals surface area (Å²) in [5, 5.41) is 3.07. The fourth-order valence-electron chi connectivity index (χ4n) is 3.69. The van der Waals surface area contributed by atoms with E-state index in [1.165, 1.54) is 5.56 Å². The van der Waals surface area contributed by atoms with Crippen LogP contribution in [-0.4, -0.2) is 29.0 Å². The first-order valence-corrected chi connectivity index (χ1v) is 11.2. The quantitative estimate of drug-likeness (QED) is 0.544. The van der Waals surface area contributed by atoms with Crippen LogP contribution in [0.15, 0.2) is 65.4 Å². The van der Waals surface area contributed by atoms with E-state index in [0.717, 1.165) is 29.4 Å². The lowest BCUT2D eigenvalue weighted by Gasteiger charge is -2.33. The van der Waals surface area contributed by atoms with E-state index in [4.69, 9.17) is 4.74 Å². The van der Waals surface area contributed by atoms with Crippen molar-refractivity contribution in [3.05, 3.63) is 76.5 Å². The zero-order valence-corrected chi connectivity index (χ0v) is 19.0. The van der Waals surface area contributed by atoms with Gasteiger partial charge in [0.1, 0.15) is 5.75 Å². The zero-order valence-electron chi connectivity index (χ0n) is 17.4. The van der Waals surface area contributed by atoms with Crippen molar-refractivity contribution in [2.24, 2.45) is 5.92 Å². The topological polar surface area (TPSA) is 67.4 Å². The Bertz CT molecular complexity index is 1040. The maximum Gasteiger partial charge on any atom is 0.263 e. The van der Waals surface area contributed by atoms with E-state index < -0.39 is 0 Å². The molecule has 0 radical (unpaired) electrons. The van der Waals surface area contributed by atoms with E-state index >= 15 is 0 Å². The number of piperidine rings is 1. The average molecular weight is 481 g/mol. The summed E-state index contributed by atoms with van der Waals surface area (Å²) in [4.78, 5) is 23.8. The van der Waals surface area contributed by atoms with Gasteiger partial charge in [0.2, 0.25) is 5.91 Å². The summed E-state index contributed by atoms with van der Waals surface area (Å²) in [6, 6.07) is 15.8. The van der Waals surface area contributed by atoms with Gasteiger partial charge in [-0.3, -0.25) is 4.79 Å². The Labute approximate surface area is 190 Å². The van der Waals surface area contributed by atoms with Crippen molar-refractivity contribution < 1.29 is 9.53 Å². The largest absolute Gasteiger partial charge is 0.436 e. The number of halogens is 1. The maximum atomic E-state index is 12.8. The molecule has 2 heterocycles. The maximum absolute atomic E-state index is 12.8. The number of hydrogen-bond acceptors (Lipinski definition) is 5. The number of hydrogen-bond donors (Lipinski definition) is 1. The van der Waals surface area contributed by atoms with Gasteiger partial charge in [-0.2, -0.15) is 0 Å². The van der Waals surface area contributed by atoms with Gasteiger partial charge in [-0.15, -0.1) is 0 Å². The lowest BCUT2D eigenvalue weighted by molar-refractivity contribution is -0.125. The SMILES string of the molecule is Cc1ccc(Oc2nccnc2N2CCC[C@H](C(=O)NCc3cccc(Br)c3)C2)cc1. The number of nitrogens with one attached hydrogen (secondary N) is 1. The average Bonchev–Trinajstić information content (AvgIpc) is 2.79. The number of ether oxygens (including phenoxy) is 1. The van der Waals surface area contributed by atoms with Crippen LogP contribution in [0.4, 0.5) is 5.82 Å². The molecule has 2 aromatic carbocycles. The third-order valence-corrected chi connectivity index (χ3v) is 5.82. The zero-order chi connectivity index (χ0) is 21.6. The van der Waals surface area contributed by atoms with Gasteiger partial charge >= 0.3 is 0 Å². The van der Waals surface area contributed by atoms with Crippen LogP contribution in [0.3, 0.4) is 0 Å². The minimum absolute atomic E-state index is 0.0644. The Balaban J connectivity index is 1.42. The summed E-state index contributed by atoms with van der Waals surface area (Å²) in [7, 11) is 0. The van der Waals surface area contributed by atoms with E-state index in [1.807, 2.05) is 55.5 Å². The second-order valence-corrected chi connectivity index (χ2v) is 8.65. The summed E-state index contributed by atoms with van der Waals surface area (Å²) in [5.41, 5.74) is 2.23. The van der Waals surface area contributed by atoms with Crippen molar-refractivity contribution in [2.45, 2.75) is 26.3 Å². The fraction of sp³-hybridized carbons (Fsp3) is 0.292. The molecule has 1 aliphatic heterocycles. The van der Waals surface area contributed by atoms with Crippen molar-refractivity contribution in [3.8, 4) is 11.6 Å². The van der Waals surface area contributed by atoms with Gasteiger partial charge in [-0.25, -0.2) is 9.97 Å². The Hall–Kier alpha value is -2.93. The molecule has 160 valence electrons. The monoisotopic (exact) mass is 480 g/mol. The van der Waals surface area contributed by atoms with Gasteiger partial charge in [0.25, 0.3) is 5.88 Å². The molecule has 0 saturated carbocycles. The highest BCUT2D eigenvalue weighted by molar-refractivity contribution is 9.10. The Morgan fingerprint density at radius 2 is 2.00 bits per heavy atom. The molecule has 1 atom stereocenters. The van der Waals surface area contributed by atoms with Crippen molar-refractivity contribution in [1.29, 1.82) is 0 Å². The number of nitrogens with zero attached hydrogens (tertiary/aromatic N) is 3. The third-order valence-electron chi connectivity index (χ3n) is 5.33. The van der Waals surface area contributed by atoms with E-state index in [0.29, 0.717) is 30.5 Å². The highest BCUT2D eigenvalue weighted by atomic mass is 79.9. The fourth-order valence-corrected chi connectivity index (χ4v) is 4.14. The van der Waals surface area contributed by atoms with Crippen molar-refractivity contribution in [2.75, 3.05) is 18.0 Å². The predicted molar refractivity (Wildman–Crippen MR) is 124 cm³/mol. The number of aryl methyl sites for hydroxylation is 1. The molecule has 0 bridgehead atoms. The normalized spacial score (nSPS) is 16.1. The first-order chi connectivity index (χ1) is 15.1. The van der Waals surface area contributed by atoms with Gasteiger partial charge in [-0.05, 0) is 49.6 Å². The molecule has 6 nitrogen and oxygen atoms in total. The van der Waals surface area contributed by atoms with Crippen LogP contribution < -0.4 is 15.0 Å². The van der Waals surface area contributed by atoms with E-state index in [2.05, 4.69) is 36.1 Å². The Morgan fingerprint density at radius 1 is 1.19 bits per heavy atom. The van der Waals surface area contributed by atoms with Crippen LogP contribution in [-0.2, 0) is 11.3 Å². The molecular weight excluding hydrogens is 456 g/mol. The number of aromatic nitrogens is 2. The van der Waals surface area contributed by atoms with Gasteiger partial charge < -0.3 is 15.0 Å². The minimum atomic E-state index is -0.102. The van der Waals surface area contributed by atoms with E-state index in [9.17, 15) is 4.79 Å². The van der Waals surface area contributed by atoms with Gasteiger partial charge in [-0.1, -0.05) is 45.8 Å². The van der Waals surface area contributed by atoms with Crippen molar-refractivity contribution in [3.63, 3.8) is 0 Å². The van der Waals surface area contributed by atoms with Crippen LogP contribution in [0.5, 0.6) is 11.6 Å². The van der Waals surface area contributed by atoms with Crippen LogP contribution in [0, 0.1) is 12.8 Å². The van der Waals surface area contributed by atoms with Crippen molar-refractivity contribution in [1.82, 2.24) is 15.3 Å². The van der Waals surface area contributed by atoms with E-state index in [1.54, 1.807) is 12.4 Å². The number of anilines is 1. The molecule has 1 fully saturated rings. The number of rotatable bonds is 6. The molecule has 1 N–H and O–H groups in total. The number of amides is 1. The molecule has 7 heteroatoms. The lowest BCUT2D eigenvalue weighted by Crippen LogP contribution is -2.43. The molecule has 1 aromatic heterocycles. The second kappa shape index (κ2) is 9.92. The third kappa shape index (κ3) is 5.61. The van der Waals surface area contributed by atoms with E-state index in [-0.39, 0.29) is 11.8 Å². The predicted octanol–water partition coefficient (Wildman–Crippen LogP) is 4.87. The standard InChI is InChI=1S/C24H25BrN4O2/c1-17-7-9-21(10-8-17)31-24-22(26-11-12-27-24)29-13-3-5-19(16-29)23(30)28-15-18-4-2-6-20(25)14-18/h2,4,6-12,14,19H,3,5,13,15-16H2,1H3,(H,28,30)/t19-/m0/s1. The van der Waals surface area contributed by atoms with Crippen LogP contribution >= 0.6 is 15.9 Å². The van der Waals surface area contributed by atoms with Gasteiger partial charge in [0, 0.05) is 36.5 Å². The lowest BCUT2D eigenvalue weighted by atomic mass is 9.97. The molecule has 31 heavy (non-hydrogen) atoms. The molecule has 0 spiro atoms. The van der Waals surface area contributed by atoms with Gasteiger partial charge in [0.15, 0.2) is 5.82 Å². The Morgan fingerprint density at radius 3 is 2.81 bits per heavy atom. The first-order valence-electron chi connectivity index (χ1n) is 10.4. The first kappa shape index (κ1) is 21.3. The summed E-state index contributed by atoms with van der Waals surface area (Å²) in [6.45, 7) is 3.96. The molecule has 0 unspecified atom stereocenters. The number of carbonyl (C=O) groups is 1. The summed E-state index contributed by atoms with van der Waals surface area (Å²) < 4.78 is 7.02. The molecule has 1 amide bonds. The van der Waals surface area contributed by atoms with Crippen LogP contribution in [0.2, 0.25) is 0 Å². The Kier molecular flexibility index (Phi) is 6.82. The second-order valence-electron chi connectivity index (χ2n) is 7.73. The molecule has 0 aliphatic carbocycles. The molecular formula is C24H25BrN4O2. The molecule has 3 aromatic rings. The molecule has 4 rings (SSSR count). The highest BCUT2D eigenvalue weighted by Gasteiger charge is 2.28. The number of carbonyl (C=O) groups excluding carboxylic acids is 1. The van der Waals surface area contributed by atoms with Crippen molar-refractivity contribution >= 4 is 27.7 Å². The summed E-state index contributed by atoms with van der Waals surface area (Å²) in [5.74, 6) is 1.81. The molecule has 1 aliphatic rings. The molecule has 1 saturated heterocycles. The van der Waals surface area contributed by atoms with Gasteiger partial charge in [0.05, 0.1) is 5.92 Å². The van der Waals surface area contributed by atoms with Crippen LogP contribution in [0.25, 0.3) is 0 Å². The smallest absolute Gasteiger partial charge is 0.263 e. The van der Waals surface area contributed by atoms with Crippen LogP contribution in [0.1, 0.15) is 24.0 Å². The summed E-state index contributed by atoms with van der Waals surface area (Å²) >= 11 is 3.47. The number of benzene rings is 2. The highest BCUT2D eigenvalue weighted by Crippen LogP contribution is 2.31.